The van der Waals surface area contributed by atoms with Gasteiger partial charge in [0.25, 0.3) is 5.91 Å². The molecule has 0 aliphatic carbocycles. The van der Waals surface area contributed by atoms with Crippen LogP contribution in [0.25, 0.3) is 0 Å². The summed E-state index contributed by atoms with van der Waals surface area (Å²) in [5, 5.41) is 2.82. The Morgan fingerprint density at radius 3 is 2.65 bits per heavy atom. The number of methoxy groups -OCH3 is 1. The maximum absolute atomic E-state index is 13.7. The van der Waals surface area contributed by atoms with Crippen molar-refractivity contribution >= 4 is 45.8 Å². The summed E-state index contributed by atoms with van der Waals surface area (Å²) < 4.78 is 19.4. The van der Waals surface area contributed by atoms with Gasteiger partial charge in [0, 0.05) is 9.13 Å². The van der Waals surface area contributed by atoms with Crippen LogP contribution in [0, 0.1) is 9.39 Å². The Bertz CT molecular complexity index is 664. The summed E-state index contributed by atoms with van der Waals surface area (Å²) >= 11 is 7.94. The van der Waals surface area contributed by atoms with E-state index >= 15 is 0 Å². The zero-order valence-electron chi connectivity index (χ0n) is 10.4. The van der Waals surface area contributed by atoms with Crippen LogP contribution in [-0.4, -0.2) is 13.0 Å². The maximum Gasteiger partial charge on any atom is 0.255 e. The Balaban J connectivity index is 2.21. The Morgan fingerprint density at radius 1 is 1.30 bits per heavy atom. The molecule has 2 aromatic rings. The maximum atomic E-state index is 13.7. The fraction of sp³-hybridized carbons (Fsp3) is 0.0714. The van der Waals surface area contributed by atoms with E-state index < -0.39 is 11.7 Å². The molecule has 0 fully saturated rings. The highest BCUT2D eigenvalue weighted by Gasteiger charge is 2.11. The molecule has 2 rings (SSSR count). The largest absolute Gasteiger partial charge is 0.495 e. The minimum Gasteiger partial charge on any atom is -0.495 e. The van der Waals surface area contributed by atoms with Crippen LogP contribution in [0.3, 0.4) is 0 Å². The lowest BCUT2D eigenvalue weighted by Gasteiger charge is -2.08. The van der Waals surface area contributed by atoms with Crippen LogP contribution in [-0.2, 0) is 0 Å². The van der Waals surface area contributed by atoms with Crippen LogP contribution in [0.1, 0.15) is 10.4 Å². The zero-order valence-corrected chi connectivity index (χ0v) is 13.3. The van der Waals surface area contributed by atoms with E-state index in [9.17, 15) is 9.18 Å². The summed E-state index contributed by atoms with van der Waals surface area (Å²) in [7, 11) is 1.49. The molecule has 0 atom stereocenters. The first-order valence-electron chi connectivity index (χ1n) is 5.61. The van der Waals surface area contributed by atoms with E-state index in [2.05, 4.69) is 5.32 Å². The van der Waals surface area contributed by atoms with Crippen LogP contribution in [0.5, 0.6) is 5.75 Å². The van der Waals surface area contributed by atoms with Crippen molar-refractivity contribution in [2.45, 2.75) is 0 Å². The summed E-state index contributed by atoms with van der Waals surface area (Å²) in [6, 6.07) is 9.18. The number of nitrogens with one attached hydrogen (secondary N) is 1. The third-order valence-electron chi connectivity index (χ3n) is 2.59. The quantitative estimate of drug-likeness (QED) is 0.771. The lowest BCUT2D eigenvalue weighted by Crippen LogP contribution is -2.13. The molecule has 104 valence electrons. The average molecular weight is 406 g/mol. The SMILES string of the molecule is COc1ccc(C(=O)Nc2ccc(I)cc2F)cc1Cl. The minimum atomic E-state index is -0.482. The summed E-state index contributed by atoms with van der Waals surface area (Å²) in [4.78, 5) is 12.0. The highest BCUT2D eigenvalue weighted by atomic mass is 127. The second-order valence-corrected chi connectivity index (χ2v) is 5.58. The molecule has 0 heterocycles. The van der Waals surface area contributed by atoms with Gasteiger partial charge in [-0.15, -0.1) is 0 Å². The van der Waals surface area contributed by atoms with E-state index in [4.69, 9.17) is 16.3 Å². The fourth-order valence-electron chi connectivity index (χ4n) is 1.59. The predicted octanol–water partition coefficient (Wildman–Crippen LogP) is 4.34. The molecule has 0 bridgehead atoms. The first-order valence-corrected chi connectivity index (χ1v) is 7.07. The van der Waals surface area contributed by atoms with Crippen molar-refractivity contribution in [1.29, 1.82) is 0 Å². The number of anilines is 1. The van der Waals surface area contributed by atoms with Crippen LogP contribution >= 0.6 is 34.2 Å². The molecule has 2 aromatic carbocycles. The summed E-state index contributed by atoms with van der Waals surface area (Å²) in [6.07, 6.45) is 0. The van der Waals surface area contributed by atoms with Gasteiger partial charge in [0.05, 0.1) is 17.8 Å². The van der Waals surface area contributed by atoms with Gasteiger partial charge >= 0.3 is 0 Å². The standard InChI is InChI=1S/C14H10ClFINO2/c1-20-13-5-2-8(6-10(13)15)14(19)18-12-4-3-9(17)7-11(12)16/h2-7H,1H3,(H,18,19). The van der Waals surface area contributed by atoms with E-state index in [0.29, 0.717) is 16.3 Å². The number of rotatable bonds is 3. The topological polar surface area (TPSA) is 38.3 Å². The fourth-order valence-corrected chi connectivity index (χ4v) is 2.30. The van der Waals surface area contributed by atoms with E-state index in [1.54, 1.807) is 18.2 Å². The Kier molecular flexibility index (Phi) is 4.82. The first-order chi connectivity index (χ1) is 9.51. The molecule has 0 spiro atoms. The summed E-state index contributed by atoms with van der Waals surface area (Å²) in [5.41, 5.74) is 0.455. The first kappa shape index (κ1) is 15.1. The Morgan fingerprint density at radius 2 is 2.05 bits per heavy atom. The number of benzene rings is 2. The minimum absolute atomic E-state index is 0.127. The third kappa shape index (κ3) is 3.40. The Labute approximate surface area is 134 Å². The highest BCUT2D eigenvalue weighted by Crippen LogP contribution is 2.25. The van der Waals surface area contributed by atoms with E-state index in [1.807, 2.05) is 22.6 Å². The number of halogens is 3. The molecule has 0 aliphatic rings. The van der Waals surface area contributed by atoms with Gasteiger partial charge in [-0.3, -0.25) is 4.79 Å². The van der Waals surface area contributed by atoms with E-state index in [0.717, 1.165) is 3.57 Å². The van der Waals surface area contributed by atoms with Gasteiger partial charge < -0.3 is 10.1 Å². The average Bonchev–Trinajstić information content (AvgIpc) is 2.41. The lowest BCUT2D eigenvalue weighted by molar-refractivity contribution is 0.102. The molecule has 1 N–H and O–H groups in total. The van der Waals surface area contributed by atoms with Crippen LogP contribution in [0.2, 0.25) is 5.02 Å². The molecule has 0 saturated heterocycles. The lowest BCUT2D eigenvalue weighted by atomic mass is 10.2. The van der Waals surface area contributed by atoms with Gasteiger partial charge in [0.2, 0.25) is 0 Å². The van der Waals surface area contributed by atoms with Crippen LogP contribution in [0.4, 0.5) is 10.1 Å². The van der Waals surface area contributed by atoms with Crippen molar-refractivity contribution in [1.82, 2.24) is 0 Å². The number of hydrogen-bond donors (Lipinski definition) is 1. The van der Waals surface area contributed by atoms with Crippen LogP contribution in [0.15, 0.2) is 36.4 Å². The molecule has 1 amide bonds. The van der Waals surface area contributed by atoms with Crippen molar-refractivity contribution < 1.29 is 13.9 Å². The molecule has 0 unspecified atom stereocenters. The Hall–Kier alpha value is -1.34. The molecule has 0 aromatic heterocycles. The molecular formula is C14H10ClFINO2. The third-order valence-corrected chi connectivity index (χ3v) is 3.56. The molecule has 20 heavy (non-hydrogen) atoms. The van der Waals surface area contributed by atoms with Crippen molar-refractivity contribution in [3.8, 4) is 5.75 Å². The van der Waals surface area contributed by atoms with Gasteiger partial charge in [0.15, 0.2) is 0 Å². The van der Waals surface area contributed by atoms with Gasteiger partial charge in [-0.05, 0) is 59.0 Å². The van der Waals surface area contributed by atoms with Crippen molar-refractivity contribution in [2.24, 2.45) is 0 Å². The smallest absolute Gasteiger partial charge is 0.255 e. The van der Waals surface area contributed by atoms with Gasteiger partial charge in [-0.1, -0.05) is 11.6 Å². The van der Waals surface area contributed by atoms with Crippen molar-refractivity contribution in [3.05, 3.63) is 56.4 Å². The molecule has 3 nitrogen and oxygen atoms in total. The normalized spacial score (nSPS) is 10.2. The molecule has 0 radical (unpaired) electrons. The monoisotopic (exact) mass is 405 g/mol. The molecule has 0 aliphatic heterocycles. The molecular weight excluding hydrogens is 396 g/mol. The highest BCUT2D eigenvalue weighted by molar-refractivity contribution is 14.1. The van der Waals surface area contributed by atoms with E-state index in [-0.39, 0.29) is 5.69 Å². The number of amides is 1. The van der Waals surface area contributed by atoms with Gasteiger partial charge in [-0.25, -0.2) is 4.39 Å². The predicted molar refractivity (Wildman–Crippen MR) is 85.1 cm³/mol. The zero-order chi connectivity index (χ0) is 14.7. The number of ether oxygens (including phenoxy) is 1. The number of carbonyl (C=O) groups excluding carboxylic acids is 1. The summed E-state index contributed by atoms with van der Waals surface area (Å²) in [5.74, 6) is -0.441. The molecule has 0 saturated carbocycles. The second-order valence-electron chi connectivity index (χ2n) is 3.93. The van der Waals surface area contributed by atoms with Crippen molar-refractivity contribution in [2.75, 3.05) is 12.4 Å². The summed E-state index contributed by atoms with van der Waals surface area (Å²) in [6.45, 7) is 0. The molecule has 6 heteroatoms. The van der Waals surface area contributed by atoms with E-state index in [1.165, 1.54) is 25.3 Å². The number of carbonyl (C=O) groups is 1. The number of hydrogen-bond acceptors (Lipinski definition) is 2. The van der Waals surface area contributed by atoms with Crippen LogP contribution < -0.4 is 10.1 Å². The van der Waals surface area contributed by atoms with Crippen molar-refractivity contribution in [3.63, 3.8) is 0 Å². The van der Waals surface area contributed by atoms with Gasteiger partial charge in [0.1, 0.15) is 11.6 Å². The van der Waals surface area contributed by atoms with Gasteiger partial charge in [-0.2, -0.15) is 0 Å². The second kappa shape index (κ2) is 6.41.